The Morgan fingerprint density at radius 1 is 1.05 bits per heavy atom. The molecule has 8 heteroatoms. The molecule has 0 bridgehead atoms. The minimum Gasteiger partial charge on any atom is -0.469 e. The number of ether oxygens (including phenoxy) is 3. The van der Waals surface area contributed by atoms with E-state index < -0.39 is 17.9 Å². The molecule has 0 aliphatic heterocycles. The van der Waals surface area contributed by atoms with E-state index in [0.717, 1.165) is 0 Å². The number of hydrogen-bond acceptors (Lipinski definition) is 7. The molecule has 19 heavy (non-hydrogen) atoms. The first-order chi connectivity index (χ1) is 9.04. The van der Waals surface area contributed by atoms with Crippen LogP contribution in [-0.2, 0) is 25.4 Å². The number of rotatable bonds is 5. The number of aromatic nitrogens is 2. The Balaban J connectivity index is 3.04. The van der Waals surface area contributed by atoms with Crippen molar-refractivity contribution in [2.24, 2.45) is 0 Å². The monoisotopic (exact) mass is 270 g/mol. The van der Waals surface area contributed by atoms with Crippen LogP contribution < -0.4 is 0 Å². The molecule has 0 aliphatic carbocycles. The topological polar surface area (TPSA) is 108 Å². The van der Waals surface area contributed by atoms with Gasteiger partial charge in [-0.25, -0.2) is 9.59 Å². The maximum atomic E-state index is 11.6. The number of carbonyl (C=O) groups is 3. The fourth-order valence-electron chi connectivity index (χ4n) is 1.45. The van der Waals surface area contributed by atoms with Gasteiger partial charge >= 0.3 is 17.9 Å². The van der Waals surface area contributed by atoms with Gasteiger partial charge in [-0.3, -0.25) is 9.89 Å². The summed E-state index contributed by atoms with van der Waals surface area (Å²) < 4.78 is 13.6. The van der Waals surface area contributed by atoms with Crippen molar-refractivity contribution in [1.29, 1.82) is 0 Å². The van der Waals surface area contributed by atoms with E-state index in [0.29, 0.717) is 5.69 Å². The van der Waals surface area contributed by atoms with Crippen LogP contribution in [0.5, 0.6) is 0 Å². The lowest BCUT2D eigenvalue weighted by Gasteiger charge is -2.03. The molecule has 1 N–H and O–H groups in total. The van der Waals surface area contributed by atoms with Gasteiger partial charge in [0.15, 0.2) is 5.69 Å². The first-order valence-corrected chi connectivity index (χ1v) is 5.35. The van der Waals surface area contributed by atoms with Crippen molar-refractivity contribution in [2.75, 3.05) is 21.3 Å². The van der Waals surface area contributed by atoms with E-state index in [1.54, 1.807) is 0 Å². The van der Waals surface area contributed by atoms with Gasteiger partial charge in [0.2, 0.25) is 0 Å². The third-order valence-corrected chi connectivity index (χ3v) is 2.42. The summed E-state index contributed by atoms with van der Waals surface area (Å²) in [7, 11) is 3.61. The molecule has 1 aromatic heterocycles. The first kappa shape index (κ1) is 14.7. The van der Waals surface area contributed by atoms with Gasteiger partial charge < -0.3 is 14.2 Å². The summed E-state index contributed by atoms with van der Waals surface area (Å²) in [4.78, 5) is 34.2. The molecular weight excluding hydrogens is 256 g/mol. The van der Waals surface area contributed by atoms with Gasteiger partial charge in [-0.05, 0) is 0 Å². The second-order valence-corrected chi connectivity index (χ2v) is 3.49. The van der Waals surface area contributed by atoms with Crippen molar-refractivity contribution in [3.63, 3.8) is 0 Å². The van der Waals surface area contributed by atoms with Crippen molar-refractivity contribution in [3.8, 4) is 0 Å². The van der Waals surface area contributed by atoms with Crippen molar-refractivity contribution in [2.45, 2.75) is 12.8 Å². The van der Waals surface area contributed by atoms with Crippen LogP contribution in [0.15, 0.2) is 0 Å². The van der Waals surface area contributed by atoms with Crippen LogP contribution in [0, 0.1) is 0 Å². The van der Waals surface area contributed by atoms with E-state index in [-0.39, 0.29) is 24.1 Å². The standard InChI is InChI=1S/C11H14N2O6/c1-17-7(14)5-4-6-8(10(15)18-2)9(13-12-6)11(16)19-3/h4-5H2,1-3H3,(H,12,13). The lowest BCUT2D eigenvalue weighted by atomic mass is 10.1. The molecule has 0 radical (unpaired) electrons. The number of carbonyl (C=O) groups excluding carboxylic acids is 3. The fourth-order valence-corrected chi connectivity index (χ4v) is 1.45. The molecule has 104 valence electrons. The predicted molar refractivity (Wildman–Crippen MR) is 61.6 cm³/mol. The summed E-state index contributed by atoms with van der Waals surface area (Å²) >= 11 is 0. The molecule has 1 rings (SSSR count). The van der Waals surface area contributed by atoms with Crippen LogP contribution in [0.25, 0.3) is 0 Å². The Kier molecular flexibility index (Phi) is 5.04. The molecule has 0 saturated heterocycles. The Hall–Kier alpha value is -2.38. The summed E-state index contributed by atoms with van der Waals surface area (Å²) in [5.74, 6) is -1.93. The summed E-state index contributed by atoms with van der Waals surface area (Å²) in [5, 5.41) is 6.23. The molecule has 0 aliphatic rings. The number of nitrogens with one attached hydrogen (secondary N) is 1. The molecule has 0 fully saturated rings. The van der Waals surface area contributed by atoms with E-state index >= 15 is 0 Å². The van der Waals surface area contributed by atoms with Gasteiger partial charge in [0.05, 0.1) is 33.4 Å². The minimum absolute atomic E-state index is 0.0294. The van der Waals surface area contributed by atoms with Gasteiger partial charge in [-0.2, -0.15) is 5.10 Å². The molecule has 0 unspecified atom stereocenters. The van der Waals surface area contributed by atoms with E-state index in [4.69, 9.17) is 0 Å². The minimum atomic E-state index is -0.763. The zero-order valence-electron chi connectivity index (χ0n) is 10.8. The zero-order chi connectivity index (χ0) is 14.4. The maximum Gasteiger partial charge on any atom is 0.359 e. The van der Waals surface area contributed by atoms with Crippen LogP contribution in [0.4, 0.5) is 0 Å². The third kappa shape index (κ3) is 3.30. The van der Waals surface area contributed by atoms with Crippen molar-refractivity contribution in [3.05, 3.63) is 17.0 Å². The highest BCUT2D eigenvalue weighted by Gasteiger charge is 2.26. The average Bonchev–Trinajstić information content (AvgIpc) is 2.86. The zero-order valence-corrected chi connectivity index (χ0v) is 10.8. The SMILES string of the molecule is COC(=O)CCc1[nH]nc(C(=O)OC)c1C(=O)OC. The predicted octanol–water partition coefficient (Wildman–Crippen LogP) is 0.0885. The maximum absolute atomic E-state index is 11.6. The van der Waals surface area contributed by atoms with Crippen LogP contribution >= 0.6 is 0 Å². The number of aryl methyl sites for hydroxylation is 1. The smallest absolute Gasteiger partial charge is 0.359 e. The van der Waals surface area contributed by atoms with Gasteiger partial charge in [0, 0.05) is 6.42 Å². The highest BCUT2D eigenvalue weighted by atomic mass is 16.5. The van der Waals surface area contributed by atoms with Crippen LogP contribution in [-0.4, -0.2) is 49.4 Å². The van der Waals surface area contributed by atoms with Gasteiger partial charge in [0.1, 0.15) is 5.56 Å². The van der Waals surface area contributed by atoms with Crippen LogP contribution in [0.2, 0.25) is 0 Å². The van der Waals surface area contributed by atoms with Gasteiger partial charge in [-0.1, -0.05) is 0 Å². The Labute approximate surface area is 109 Å². The quantitative estimate of drug-likeness (QED) is 0.596. The van der Waals surface area contributed by atoms with E-state index in [2.05, 4.69) is 24.4 Å². The molecule has 1 aromatic rings. The number of aromatic amines is 1. The van der Waals surface area contributed by atoms with Crippen molar-refractivity contribution >= 4 is 17.9 Å². The number of nitrogens with zero attached hydrogens (tertiary/aromatic N) is 1. The molecule has 1 heterocycles. The summed E-state index contributed by atoms with van der Waals surface area (Å²) in [5.41, 5.74) is 0.116. The molecule has 0 amide bonds. The summed E-state index contributed by atoms with van der Waals surface area (Å²) in [6.45, 7) is 0. The number of methoxy groups -OCH3 is 3. The number of esters is 3. The van der Waals surface area contributed by atoms with Crippen LogP contribution in [0.1, 0.15) is 33.0 Å². The third-order valence-electron chi connectivity index (χ3n) is 2.42. The molecular formula is C11H14N2O6. The number of hydrogen-bond donors (Lipinski definition) is 1. The van der Waals surface area contributed by atoms with E-state index in [1.807, 2.05) is 0 Å². The molecule has 0 saturated carbocycles. The normalized spacial score (nSPS) is 9.84. The van der Waals surface area contributed by atoms with E-state index in [9.17, 15) is 14.4 Å². The van der Waals surface area contributed by atoms with Gasteiger partial charge in [0.25, 0.3) is 0 Å². The lowest BCUT2D eigenvalue weighted by Crippen LogP contribution is -2.13. The summed E-state index contributed by atoms with van der Waals surface area (Å²) in [6.07, 6.45) is 0.213. The molecule has 0 spiro atoms. The number of H-pyrrole nitrogens is 1. The van der Waals surface area contributed by atoms with Crippen molar-refractivity contribution in [1.82, 2.24) is 10.2 Å². The Bertz CT molecular complexity index is 493. The Morgan fingerprint density at radius 3 is 2.21 bits per heavy atom. The van der Waals surface area contributed by atoms with Crippen molar-refractivity contribution < 1.29 is 28.6 Å². The fraction of sp³-hybridized carbons (Fsp3) is 0.455. The molecule has 0 aromatic carbocycles. The highest BCUT2D eigenvalue weighted by Crippen LogP contribution is 2.15. The van der Waals surface area contributed by atoms with E-state index in [1.165, 1.54) is 21.3 Å². The molecule has 0 atom stereocenters. The molecule has 8 nitrogen and oxygen atoms in total. The largest absolute Gasteiger partial charge is 0.469 e. The summed E-state index contributed by atoms with van der Waals surface area (Å²) in [6, 6.07) is 0. The average molecular weight is 270 g/mol. The van der Waals surface area contributed by atoms with Gasteiger partial charge in [-0.15, -0.1) is 0 Å². The second-order valence-electron chi connectivity index (χ2n) is 3.49. The van der Waals surface area contributed by atoms with Crippen LogP contribution in [0.3, 0.4) is 0 Å². The Morgan fingerprint density at radius 2 is 1.68 bits per heavy atom. The lowest BCUT2D eigenvalue weighted by molar-refractivity contribution is -0.140. The second kappa shape index (κ2) is 6.53. The first-order valence-electron chi connectivity index (χ1n) is 5.35. The highest BCUT2D eigenvalue weighted by molar-refractivity contribution is 6.02.